The zero-order valence-corrected chi connectivity index (χ0v) is 21.6. The van der Waals surface area contributed by atoms with Gasteiger partial charge in [-0.3, -0.25) is 9.69 Å². The molecule has 2 heterocycles. The van der Waals surface area contributed by atoms with Gasteiger partial charge in [0.1, 0.15) is 0 Å². The van der Waals surface area contributed by atoms with Crippen LogP contribution in [0.25, 0.3) is 22.2 Å². The van der Waals surface area contributed by atoms with Gasteiger partial charge in [-0.25, -0.2) is 4.98 Å². The van der Waals surface area contributed by atoms with Gasteiger partial charge in [0.2, 0.25) is 0 Å². The van der Waals surface area contributed by atoms with Crippen molar-refractivity contribution in [3.63, 3.8) is 0 Å². The summed E-state index contributed by atoms with van der Waals surface area (Å²) in [6.45, 7) is 5.08. The van der Waals surface area contributed by atoms with Crippen molar-refractivity contribution in [1.29, 1.82) is 0 Å². The predicted molar refractivity (Wildman–Crippen MR) is 154 cm³/mol. The van der Waals surface area contributed by atoms with Crippen LogP contribution in [-0.4, -0.2) is 46.9 Å². The maximum atomic E-state index is 14.0. The first-order valence-corrected chi connectivity index (χ1v) is 13.3. The molecule has 1 aliphatic heterocycles. The van der Waals surface area contributed by atoms with Crippen molar-refractivity contribution in [1.82, 2.24) is 14.8 Å². The van der Waals surface area contributed by atoms with Gasteiger partial charge >= 0.3 is 0 Å². The lowest BCUT2D eigenvalue weighted by Gasteiger charge is -2.40. The Morgan fingerprint density at radius 3 is 1.95 bits per heavy atom. The van der Waals surface area contributed by atoms with E-state index >= 15 is 0 Å². The van der Waals surface area contributed by atoms with Gasteiger partial charge in [0.15, 0.2) is 0 Å². The van der Waals surface area contributed by atoms with Crippen molar-refractivity contribution in [3.8, 4) is 11.3 Å². The molecule has 5 aromatic rings. The molecule has 1 amide bonds. The number of pyridine rings is 1. The molecule has 0 saturated carbocycles. The van der Waals surface area contributed by atoms with Crippen LogP contribution in [-0.2, 0) is 0 Å². The van der Waals surface area contributed by atoms with Crippen LogP contribution in [0.2, 0.25) is 0 Å². The summed E-state index contributed by atoms with van der Waals surface area (Å²) < 4.78 is 0. The highest BCUT2D eigenvalue weighted by molar-refractivity contribution is 6.07. The van der Waals surface area contributed by atoms with Crippen LogP contribution in [0.1, 0.15) is 33.1 Å². The average molecular weight is 498 g/mol. The fourth-order valence-corrected chi connectivity index (χ4v) is 5.59. The maximum absolute atomic E-state index is 14.0. The van der Waals surface area contributed by atoms with Gasteiger partial charge in [0.05, 0.1) is 22.8 Å². The third-order valence-corrected chi connectivity index (χ3v) is 7.56. The second-order valence-corrected chi connectivity index (χ2v) is 9.94. The van der Waals surface area contributed by atoms with Gasteiger partial charge in [-0.15, -0.1) is 0 Å². The van der Waals surface area contributed by atoms with E-state index in [0.717, 1.165) is 46.4 Å². The Labute approximate surface area is 224 Å². The minimum absolute atomic E-state index is 0.0778. The number of benzene rings is 4. The van der Waals surface area contributed by atoms with Crippen LogP contribution >= 0.6 is 0 Å². The van der Waals surface area contributed by atoms with Gasteiger partial charge in [-0.05, 0) is 35.7 Å². The largest absolute Gasteiger partial charge is 0.336 e. The molecule has 0 bridgehead atoms. The molecule has 4 aromatic carbocycles. The smallest absolute Gasteiger partial charge is 0.254 e. The molecule has 4 nitrogen and oxygen atoms in total. The van der Waals surface area contributed by atoms with Crippen molar-refractivity contribution >= 4 is 16.8 Å². The molecule has 0 atom stereocenters. The zero-order valence-electron chi connectivity index (χ0n) is 21.6. The van der Waals surface area contributed by atoms with E-state index in [2.05, 4.69) is 84.6 Å². The minimum Gasteiger partial charge on any atom is -0.336 e. The normalized spacial score (nSPS) is 14.2. The molecule has 0 spiro atoms. The second kappa shape index (κ2) is 10.6. The highest BCUT2D eigenvalue weighted by Gasteiger charge is 2.29. The SMILES string of the molecule is Cc1ccccc1-c1cc(C(=O)N2CCN(C(c3ccccc3)c3ccccc3)CC2)c2ccccc2n1. The number of piperazine rings is 1. The summed E-state index contributed by atoms with van der Waals surface area (Å²) in [7, 11) is 0. The van der Waals surface area contributed by atoms with E-state index in [-0.39, 0.29) is 11.9 Å². The molecule has 1 aliphatic rings. The summed E-state index contributed by atoms with van der Waals surface area (Å²) in [6.07, 6.45) is 0. The van der Waals surface area contributed by atoms with Gasteiger partial charge in [0, 0.05) is 37.1 Å². The van der Waals surface area contributed by atoms with E-state index in [1.54, 1.807) is 0 Å². The molecular formula is C34H31N3O. The van der Waals surface area contributed by atoms with Crippen LogP contribution in [0.3, 0.4) is 0 Å². The number of hydrogen-bond donors (Lipinski definition) is 0. The Morgan fingerprint density at radius 1 is 0.711 bits per heavy atom. The van der Waals surface area contributed by atoms with Crippen molar-refractivity contribution in [3.05, 3.63) is 138 Å². The second-order valence-electron chi connectivity index (χ2n) is 9.94. The van der Waals surface area contributed by atoms with Gasteiger partial charge in [0.25, 0.3) is 5.91 Å². The van der Waals surface area contributed by atoms with Gasteiger partial charge in [-0.2, -0.15) is 0 Å². The van der Waals surface area contributed by atoms with E-state index in [1.165, 1.54) is 11.1 Å². The Balaban J connectivity index is 1.29. The number of para-hydroxylation sites is 1. The minimum atomic E-state index is 0.0778. The van der Waals surface area contributed by atoms with E-state index in [9.17, 15) is 4.79 Å². The highest BCUT2D eigenvalue weighted by atomic mass is 16.2. The quantitative estimate of drug-likeness (QED) is 0.269. The fraction of sp³-hybridized carbons (Fsp3) is 0.176. The molecule has 4 heteroatoms. The highest BCUT2D eigenvalue weighted by Crippen LogP contribution is 2.31. The van der Waals surface area contributed by atoms with Gasteiger partial charge < -0.3 is 4.90 Å². The third-order valence-electron chi connectivity index (χ3n) is 7.56. The van der Waals surface area contributed by atoms with Crippen LogP contribution < -0.4 is 0 Å². The van der Waals surface area contributed by atoms with E-state index in [1.807, 2.05) is 47.4 Å². The molecule has 0 aliphatic carbocycles. The summed E-state index contributed by atoms with van der Waals surface area (Å²) in [5.41, 5.74) is 7.19. The lowest BCUT2D eigenvalue weighted by molar-refractivity contribution is 0.0599. The monoisotopic (exact) mass is 497 g/mol. The standard InChI is InChI=1S/C34H31N3O/c1-25-12-8-9-17-28(25)32-24-30(29-18-10-11-19-31(29)35-32)34(38)37-22-20-36(21-23-37)33(26-13-4-2-5-14-26)27-15-6-3-7-16-27/h2-19,24,33H,20-23H2,1H3. The molecule has 1 fully saturated rings. The summed E-state index contributed by atoms with van der Waals surface area (Å²) in [6, 6.07) is 39.7. The Kier molecular flexibility index (Phi) is 6.72. The van der Waals surface area contributed by atoms with Crippen LogP contribution in [0.4, 0.5) is 0 Å². The molecular weight excluding hydrogens is 466 g/mol. The summed E-state index contributed by atoms with van der Waals surface area (Å²) >= 11 is 0. The van der Waals surface area contributed by atoms with Crippen molar-refractivity contribution in [2.75, 3.05) is 26.2 Å². The summed E-state index contributed by atoms with van der Waals surface area (Å²) in [5, 5.41) is 0.906. The number of hydrogen-bond acceptors (Lipinski definition) is 3. The lowest BCUT2D eigenvalue weighted by Crippen LogP contribution is -2.49. The Morgan fingerprint density at radius 2 is 1.29 bits per heavy atom. The van der Waals surface area contributed by atoms with Crippen molar-refractivity contribution in [2.24, 2.45) is 0 Å². The summed E-state index contributed by atoms with van der Waals surface area (Å²) in [4.78, 5) is 23.4. The van der Waals surface area contributed by atoms with Crippen LogP contribution in [0.5, 0.6) is 0 Å². The number of amides is 1. The number of nitrogens with zero attached hydrogens (tertiary/aromatic N) is 3. The number of rotatable bonds is 5. The summed E-state index contributed by atoms with van der Waals surface area (Å²) in [5.74, 6) is 0.0778. The van der Waals surface area contributed by atoms with E-state index in [0.29, 0.717) is 13.1 Å². The Bertz CT molecular complexity index is 1520. The first-order chi connectivity index (χ1) is 18.7. The molecule has 1 saturated heterocycles. The molecule has 1 aromatic heterocycles. The zero-order chi connectivity index (χ0) is 25.9. The van der Waals surface area contributed by atoms with Crippen molar-refractivity contribution in [2.45, 2.75) is 13.0 Å². The lowest BCUT2D eigenvalue weighted by atomic mass is 9.96. The first-order valence-electron chi connectivity index (χ1n) is 13.3. The topological polar surface area (TPSA) is 36.4 Å². The molecule has 38 heavy (non-hydrogen) atoms. The number of aromatic nitrogens is 1. The van der Waals surface area contributed by atoms with Crippen LogP contribution in [0.15, 0.2) is 115 Å². The average Bonchev–Trinajstić information content (AvgIpc) is 2.98. The molecule has 0 radical (unpaired) electrons. The number of aryl methyl sites for hydroxylation is 1. The molecule has 0 unspecified atom stereocenters. The third kappa shape index (κ3) is 4.71. The van der Waals surface area contributed by atoms with Crippen molar-refractivity contribution < 1.29 is 4.79 Å². The number of carbonyl (C=O) groups is 1. The Hall–Kier alpha value is -4.28. The van der Waals surface area contributed by atoms with Crippen LogP contribution in [0, 0.1) is 6.92 Å². The molecule has 188 valence electrons. The number of fused-ring (bicyclic) bond motifs is 1. The molecule has 6 rings (SSSR count). The number of carbonyl (C=O) groups excluding carboxylic acids is 1. The van der Waals surface area contributed by atoms with Gasteiger partial charge in [-0.1, -0.05) is 103 Å². The fourth-order valence-electron chi connectivity index (χ4n) is 5.59. The first kappa shape index (κ1) is 24.1. The van der Waals surface area contributed by atoms with E-state index in [4.69, 9.17) is 4.98 Å². The molecule has 0 N–H and O–H groups in total. The predicted octanol–water partition coefficient (Wildman–Crippen LogP) is 6.76. The maximum Gasteiger partial charge on any atom is 0.254 e. The van der Waals surface area contributed by atoms with E-state index < -0.39 is 0 Å².